The van der Waals surface area contributed by atoms with E-state index in [1.54, 1.807) is 10.6 Å². The molecule has 3 rings (SSSR count). The number of amides is 2. The molecule has 0 aromatic carbocycles. The van der Waals surface area contributed by atoms with Crippen LogP contribution < -0.4 is 21.3 Å². The van der Waals surface area contributed by atoms with Crippen molar-refractivity contribution in [3.05, 3.63) is 41.0 Å². The first-order valence-corrected chi connectivity index (χ1v) is 8.46. The molecule has 0 aliphatic carbocycles. The Morgan fingerprint density at radius 2 is 2.07 bits per heavy atom. The number of nitrogens with zero attached hydrogens (tertiary/aromatic N) is 5. The molecule has 0 saturated heterocycles. The molecule has 3 heterocycles. The molecule has 0 aliphatic heterocycles. The van der Waals surface area contributed by atoms with Gasteiger partial charge in [0.2, 0.25) is 17.7 Å². The van der Waals surface area contributed by atoms with Crippen molar-refractivity contribution in [3.63, 3.8) is 0 Å². The predicted molar refractivity (Wildman–Crippen MR) is 99.6 cm³/mol. The third kappa shape index (κ3) is 3.82. The van der Waals surface area contributed by atoms with Gasteiger partial charge in [-0.1, -0.05) is 0 Å². The summed E-state index contributed by atoms with van der Waals surface area (Å²) in [5.74, 6) is -0.228. The molecule has 3 aromatic rings. The standard InChI is InChI=1S/C17H20N8O3/c1-9-11(10(2)25-16(21-9)12(8-20-25)15(18)27)4-5-13(26)23-24-17-19-7-6-14(22-17)28-3/h6-8H,4-5H2,1-3H3,(H2,18,27)(H,23,26)(H,19,22,24). The number of primary amides is 1. The van der Waals surface area contributed by atoms with E-state index in [-0.39, 0.29) is 23.8 Å². The van der Waals surface area contributed by atoms with Crippen LogP contribution in [0.15, 0.2) is 18.5 Å². The SMILES string of the molecule is COc1ccnc(NNC(=O)CCc2c(C)nc3c(C(N)=O)cnn3c2C)n1. The Morgan fingerprint density at radius 3 is 2.79 bits per heavy atom. The van der Waals surface area contributed by atoms with Crippen LogP contribution in [0.4, 0.5) is 5.95 Å². The number of hydrogen-bond donors (Lipinski definition) is 3. The normalized spacial score (nSPS) is 10.7. The molecule has 0 aliphatic rings. The van der Waals surface area contributed by atoms with Crippen molar-refractivity contribution in [2.75, 3.05) is 12.5 Å². The molecular formula is C17H20N8O3. The number of anilines is 1. The number of fused-ring (bicyclic) bond motifs is 1. The van der Waals surface area contributed by atoms with Crippen molar-refractivity contribution in [1.29, 1.82) is 0 Å². The molecule has 0 spiro atoms. The number of aryl methyl sites for hydroxylation is 2. The molecule has 0 bridgehead atoms. The number of nitrogens with two attached hydrogens (primary N) is 1. The van der Waals surface area contributed by atoms with Gasteiger partial charge in [-0.05, 0) is 25.8 Å². The van der Waals surface area contributed by atoms with Crippen LogP contribution in [-0.4, -0.2) is 43.5 Å². The maximum absolute atomic E-state index is 12.2. The van der Waals surface area contributed by atoms with Gasteiger partial charge in [0.05, 0.1) is 13.3 Å². The first kappa shape index (κ1) is 19.0. The van der Waals surface area contributed by atoms with Crippen LogP contribution in [0.25, 0.3) is 5.65 Å². The van der Waals surface area contributed by atoms with Gasteiger partial charge >= 0.3 is 0 Å². The number of aromatic nitrogens is 5. The molecule has 28 heavy (non-hydrogen) atoms. The van der Waals surface area contributed by atoms with Crippen LogP contribution in [0.1, 0.15) is 33.7 Å². The van der Waals surface area contributed by atoms with Gasteiger partial charge in [0.25, 0.3) is 5.91 Å². The molecule has 2 amide bonds. The highest BCUT2D eigenvalue weighted by Crippen LogP contribution is 2.18. The Morgan fingerprint density at radius 1 is 1.29 bits per heavy atom. The Kier molecular flexibility index (Phi) is 5.34. The number of methoxy groups -OCH3 is 1. The number of hydrazine groups is 1. The van der Waals surface area contributed by atoms with Crippen LogP contribution in [-0.2, 0) is 11.2 Å². The average molecular weight is 384 g/mol. The minimum absolute atomic E-state index is 0.204. The monoisotopic (exact) mass is 384 g/mol. The largest absolute Gasteiger partial charge is 0.481 e. The molecule has 11 nitrogen and oxygen atoms in total. The van der Waals surface area contributed by atoms with Gasteiger partial charge in [0.15, 0.2) is 5.65 Å². The van der Waals surface area contributed by atoms with Gasteiger partial charge in [-0.3, -0.25) is 20.4 Å². The fourth-order valence-electron chi connectivity index (χ4n) is 2.79. The predicted octanol–water partition coefficient (Wildman–Crippen LogP) is 0.320. The second kappa shape index (κ2) is 7.86. The van der Waals surface area contributed by atoms with Gasteiger partial charge in [-0.2, -0.15) is 10.1 Å². The summed E-state index contributed by atoms with van der Waals surface area (Å²) in [6.07, 6.45) is 3.55. The van der Waals surface area contributed by atoms with Gasteiger partial charge in [-0.15, -0.1) is 0 Å². The minimum Gasteiger partial charge on any atom is -0.481 e. The first-order valence-electron chi connectivity index (χ1n) is 8.46. The number of carbonyl (C=O) groups is 2. The summed E-state index contributed by atoms with van der Waals surface area (Å²) < 4.78 is 6.56. The van der Waals surface area contributed by atoms with Gasteiger partial charge in [0, 0.05) is 30.1 Å². The van der Waals surface area contributed by atoms with Gasteiger partial charge < -0.3 is 10.5 Å². The lowest BCUT2D eigenvalue weighted by Crippen LogP contribution is -2.30. The second-order valence-electron chi connectivity index (χ2n) is 6.01. The molecule has 0 fully saturated rings. The quantitative estimate of drug-likeness (QED) is 0.493. The van der Waals surface area contributed by atoms with Gasteiger partial charge in [-0.25, -0.2) is 14.5 Å². The van der Waals surface area contributed by atoms with E-state index in [4.69, 9.17) is 10.5 Å². The third-order valence-corrected chi connectivity index (χ3v) is 4.23. The summed E-state index contributed by atoms with van der Waals surface area (Å²) in [5.41, 5.74) is 13.6. The Balaban J connectivity index is 1.67. The van der Waals surface area contributed by atoms with Crippen molar-refractivity contribution < 1.29 is 14.3 Å². The van der Waals surface area contributed by atoms with Crippen LogP contribution in [0.2, 0.25) is 0 Å². The van der Waals surface area contributed by atoms with Crippen LogP contribution >= 0.6 is 0 Å². The van der Waals surface area contributed by atoms with Crippen molar-refractivity contribution in [2.24, 2.45) is 5.73 Å². The number of hydrogen-bond acceptors (Lipinski definition) is 8. The fraction of sp³-hybridized carbons (Fsp3) is 0.294. The summed E-state index contributed by atoms with van der Waals surface area (Å²) in [7, 11) is 1.49. The van der Waals surface area contributed by atoms with Crippen molar-refractivity contribution >= 4 is 23.4 Å². The lowest BCUT2D eigenvalue weighted by atomic mass is 10.1. The summed E-state index contributed by atoms with van der Waals surface area (Å²) >= 11 is 0. The molecule has 0 atom stereocenters. The van der Waals surface area contributed by atoms with Crippen molar-refractivity contribution in [3.8, 4) is 5.88 Å². The Bertz CT molecular complexity index is 1050. The number of rotatable bonds is 7. The fourth-order valence-corrected chi connectivity index (χ4v) is 2.79. The van der Waals surface area contributed by atoms with E-state index in [0.717, 1.165) is 11.3 Å². The Labute approximate surface area is 160 Å². The second-order valence-corrected chi connectivity index (χ2v) is 6.01. The van der Waals surface area contributed by atoms with Crippen molar-refractivity contribution in [2.45, 2.75) is 26.7 Å². The van der Waals surface area contributed by atoms with E-state index in [1.807, 2.05) is 13.8 Å². The van der Waals surface area contributed by atoms with Crippen LogP contribution in [0.3, 0.4) is 0 Å². The summed E-state index contributed by atoms with van der Waals surface area (Å²) in [6, 6.07) is 1.60. The zero-order valence-electron chi connectivity index (χ0n) is 15.7. The molecule has 0 saturated carbocycles. The topological polar surface area (TPSA) is 149 Å². The smallest absolute Gasteiger partial charge is 0.254 e. The zero-order chi connectivity index (χ0) is 20.3. The lowest BCUT2D eigenvalue weighted by Gasteiger charge is -2.12. The molecule has 0 unspecified atom stereocenters. The van der Waals surface area contributed by atoms with E-state index in [9.17, 15) is 9.59 Å². The highest BCUT2D eigenvalue weighted by molar-refractivity contribution is 5.98. The zero-order valence-corrected chi connectivity index (χ0v) is 15.7. The maximum Gasteiger partial charge on any atom is 0.254 e. The molecule has 146 valence electrons. The highest BCUT2D eigenvalue weighted by Gasteiger charge is 2.17. The highest BCUT2D eigenvalue weighted by atomic mass is 16.5. The third-order valence-electron chi connectivity index (χ3n) is 4.23. The number of carbonyl (C=O) groups excluding carboxylic acids is 2. The summed E-state index contributed by atoms with van der Waals surface area (Å²) in [4.78, 5) is 36.1. The van der Waals surface area contributed by atoms with E-state index in [2.05, 4.69) is 30.9 Å². The molecule has 3 aromatic heterocycles. The number of ether oxygens (including phenoxy) is 1. The van der Waals surface area contributed by atoms with Gasteiger partial charge in [0.1, 0.15) is 5.56 Å². The number of nitrogens with one attached hydrogen (secondary N) is 2. The van der Waals surface area contributed by atoms with E-state index < -0.39 is 5.91 Å². The van der Waals surface area contributed by atoms with E-state index in [0.29, 0.717) is 23.6 Å². The molecule has 11 heteroatoms. The Hall–Kier alpha value is -3.76. The summed E-state index contributed by atoms with van der Waals surface area (Å²) in [5, 5.41) is 4.17. The first-order chi connectivity index (χ1) is 13.4. The molecule has 4 N–H and O–H groups in total. The van der Waals surface area contributed by atoms with Crippen LogP contribution in [0.5, 0.6) is 5.88 Å². The lowest BCUT2D eigenvalue weighted by molar-refractivity contribution is -0.120. The van der Waals surface area contributed by atoms with E-state index in [1.165, 1.54) is 19.5 Å². The average Bonchev–Trinajstić information content (AvgIpc) is 3.10. The maximum atomic E-state index is 12.2. The molecular weight excluding hydrogens is 364 g/mol. The molecule has 0 radical (unpaired) electrons. The van der Waals surface area contributed by atoms with E-state index >= 15 is 0 Å². The summed E-state index contributed by atoms with van der Waals surface area (Å²) in [6.45, 7) is 3.68. The minimum atomic E-state index is -0.584. The van der Waals surface area contributed by atoms with Crippen LogP contribution in [0, 0.1) is 13.8 Å². The van der Waals surface area contributed by atoms with Crippen molar-refractivity contribution in [1.82, 2.24) is 30.0 Å².